The predicted octanol–water partition coefficient (Wildman–Crippen LogP) is 1.65. The number of hydrogen-bond donors (Lipinski definition) is 1. The second-order valence-corrected chi connectivity index (χ2v) is 5.83. The molecule has 1 atom stereocenters. The molecule has 1 unspecified atom stereocenters. The van der Waals surface area contributed by atoms with Crippen LogP contribution in [0.2, 0.25) is 0 Å². The summed E-state index contributed by atoms with van der Waals surface area (Å²) in [6.45, 7) is 4.66. The number of fused-ring (bicyclic) bond motifs is 1. The Morgan fingerprint density at radius 1 is 1.29 bits per heavy atom. The second-order valence-electron chi connectivity index (χ2n) is 5.83. The molecule has 2 amide bonds. The van der Waals surface area contributed by atoms with Crippen molar-refractivity contribution >= 4 is 11.8 Å². The average molecular weight is 288 g/mol. The smallest absolute Gasteiger partial charge is 0.279 e. The molecule has 112 valence electrons. The minimum Gasteiger partial charge on any atom is -0.480 e. The van der Waals surface area contributed by atoms with Gasteiger partial charge in [-0.1, -0.05) is 6.07 Å². The number of nitrogens with zero attached hydrogens (tertiary/aromatic N) is 1. The van der Waals surface area contributed by atoms with Gasteiger partial charge in [-0.05, 0) is 49.4 Å². The number of hydrogen-bond acceptors (Lipinski definition) is 3. The molecule has 0 spiro atoms. The molecule has 0 bridgehead atoms. The highest BCUT2D eigenvalue weighted by atomic mass is 16.5. The fraction of sp³-hybridized carbons (Fsp3) is 0.500. The van der Waals surface area contributed by atoms with Gasteiger partial charge in [-0.25, -0.2) is 0 Å². The first kappa shape index (κ1) is 13.9. The third-order valence-electron chi connectivity index (χ3n) is 4.21. The van der Waals surface area contributed by atoms with Crippen molar-refractivity contribution in [2.24, 2.45) is 0 Å². The van der Waals surface area contributed by atoms with Gasteiger partial charge in [-0.2, -0.15) is 0 Å². The normalized spacial score (nSPS) is 21.0. The SMILES string of the molecule is Cc1cc2c(cc1C)OC(C(=O)NN1CCCCC1=O)C2. The van der Waals surface area contributed by atoms with Gasteiger partial charge < -0.3 is 4.74 Å². The minimum absolute atomic E-state index is 0.0169. The average Bonchev–Trinajstić information content (AvgIpc) is 2.85. The van der Waals surface area contributed by atoms with Crippen molar-refractivity contribution in [2.75, 3.05) is 6.54 Å². The van der Waals surface area contributed by atoms with E-state index in [2.05, 4.69) is 18.4 Å². The summed E-state index contributed by atoms with van der Waals surface area (Å²) in [7, 11) is 0. The van der Waals surface area contributed by atoms with Gasteiger partial charge in [0.05, 0.1) is 0 Å². The van der Waals surface area contributed by atoms with Gasteiger partial charge in [0.1, 0.15) is 5.75 Å². The largest absolute Gasteiger partial charge is 0.480 e. The maximum absolute atomic E-state index is 12.3. The van der Waals surface area contributed by atoms with Crippen molar-refractivity contribution in [2.45, 2.75) is 45.6 Å². The van der Waals surface area contributed by atoms with Crippen LogP contribution in [0.15, 0.2) is 12.1 Å². The number of aryl methyl sites for hydroxylation is 2. The number of rotatable bonds is 2. The topological polar surface area (TPSA) is 58.6 Å². The molecule has 3 rings (SSSR count). The molecule has 2 heterocycles. The second kappa shape index (κ2) is 5.39. The summed E-state index contributed by atoms with van der Waals surface area (Å²) in [6.07, 6.45) is 2.34. The number of hydrazine groups is 1. The van der Waals surface area contributed by atoms with E-state index in [-0.39, 0.29) is 11.8 Å². The minimum atomic E-state index is -0.545. The van der Waals surface area contributed by atoms with E-state index in [1.165, 1.54) is 10.6 Å². The molecule has 21 heavy (non-hydrogen) atoms. The Hall–Kier alpha value is -2.04. The Morgan fingerprint density at radius 3 is 2.81 bits per heavy atom. The van der Waals surface area contributed by atoms with Crippen LogP contribution in [-0.2, 0) is 16.0 Å². The molecular weight excluding hydrogens is 268 g/mol. The Labute approximate surface area is 124 Å². The summed E-state index contributed by atoms with van der Waals surface area (Å²) in [5.74, 6) is 0.525. The van der Waals surface area contributed by atoms with Gasteiger partial charge in [0.15, 0.2) is 6.10 Å². The molecule has 2 aliphatic heterocycles. The van der Waals surface area contributed by atoms with Crippen LogP contribution in [0.1, 0.15) is 36.0 Å². The highest BCUT2D eigenvalue weighted by molar-refractivity contribution is 5.86. The van der Waals surface area contributed by atoms with E-state index >= 15 is 0 Å². The van der Waals surface area contributed by atoms with Crippen molar-refractivity contribution in [1.29, 1.82) is 0 Å². The molecule has 5 heteroatoms. The zero-order chi connectivity index (χ0) is 15.0. The van der Waals surface area contributed by atoms with E-state index in [9.17, 15) is 9.59 Å². The van der Waals surface area contributed by atoms with Crippen LogP contribution in [-0.4, -0.2) is 29.5 Å². The van der Waals surface area contributed by atoms with Crippen LogP contribution in [0.4, 0.5) is 0 Å². The van der Waals surface area contributed by atoms with Crippen molar-refractivity contribution in [3.63, 3.8) is 0 Å². The zero-order valence-electron chi connectivity index (χ0n) is 12.4. The van der Waals surface area contributed by atoms with E-state index in [1.54, 1.807) is 0 Å². The monoisotopic (exact) mass is 288 g/mol. The number of carbonyl (C=O) groups is 2. The van der Waals surface area contributed by atoms with Crippen LogP contribution in [0.3, 0.4) is 0 Å². The van der Waals surface area contributed by atoms with E-state index in [4.69, 9.17) is 4.74 Å². The molecule has 5 nitrogen and oxygen atoms in total. The molecule has 0 radical (unpaired) electrons. The van der Waals surface area contributed by atoms with Gasteiger partial charge in [0, 0.05) is 19.4 Å². The van der Waals surface area contributed by atoms with Gasteiger partial charge >= 0.3 is 0 Å². The highest BCUT2D eigenvalue weighted by Crippen LogP contribution is 2.31. The molecule has 1 N–H and O–H groups in total. The number of carbonyl (C=O) groups excluding carboxylic acids is 2. The first-order chi connectivity index (χ1) is 10.0. The van der Waals surface area contributed by atoms with E-state index in [0.29, 0.717) is 19.4 Å². The maximum atomic E-state index is 12.3. The first-order valence-electron chi connectivity index (χ1n) is 7.42. The molecule has 2 aliphatic rings. The van der Waals surface area contributed by atoms with Gasteiger partial charge in [0.2, 0.25) is 5.91 Å². The first-order valence-corrected chi connectivity index (χ1v) is 7.42. The number of nitrogens with one attached hydrogen (secondary N) is 1. The van der Waals surface area contributed by atoms with Crippen molar-refractivity contribution in [3.8, 4) is 5.75 Å². The Balaban J connectivity index is 1.66. The standard InChI is InChI=1S/C16H20N2O3/c1-10-7-12-9-14(21-13(12)8-11(10)2)16(20)17-18-6-4-3-5-15(18)19/h7-8,14H,3-6,9H2,1-2H3,(H,17,20). The highest BCUT2D eigenvalue weighted by Gasteiger charge is 2.31. The van der Waals surface area contributed by atoms with Gasteiger partial charge in [-0.15, -0.1) is 0 Å². The summed E-state index contributed by atoms with van der Waals surface area (Å²) in [6, 6.07) is 4.05. The molecule has 0 saturated carbocycles. The van der Waals surface area contributed by atoms with Crippen molar-refractivity contribution < 1.29 is 14.3 Å². The molecular formula is C16H20N2O3. The maximum Gasteiger partial charge on any atom is 0.279 e. The number of ether oxygens (including phenoxy) is 1. The van der Waals surface area contributed by atoms with Crippen LogP contribution in [0, 0.1) is 13.8 Å². The zero-order valence-corrected chi connectivity index (χ0v) is 12.4. The molecule has 0 aromatic heterocycles. The van der Waals surface area contributed by atoms with Crippen LogP contribution >= 0.6 is 0 Å². The quantitative estimate of drug-likeness (QED) is 0.900. The molecule has 1 fully saturated rings. The van der Waals surface area contributed by atoms with Crippen molar-refractivity contribution in [3.05, 3.63) is 28.8 Å². The van der Waals surface area contributed by atoms with Gasteiger partial charge in [0.25, 0.3) is 5.91 Å². The lowest BCUT2D eigenvalue weighted by atomic mass is 10.0. The lowest BCUT2D eigenvalue weighted by molar-refractivity contribution is -0.146. The van der Waals surface area contributed by atoms with E-state index < -0.39 is 6.10 Å². The molecule has 0 aliphatic carbocycles. The van der Waals surface area contributed by atoms with E-state index in [0.717, 1.165) is 29.7 Å². The third-order valence-corrected chi connectivity index (χ3v) is 4.21. The molecule has 1 aromatic rings. The lowest BCUT2D eigenvalue weighted by Gasteiger charge is -2.27. The molecule has 1 aromatic carbocycles. The number of piperidine rings is 1. The van der Waals surface area contributed by atoms with Crippen LogP contribution in [0.25, 0.3) is 0 Å². The van der Waals surface area contributed by atoms with Crippen molar-refractivity contribution in [1.82, 2.24) is 10.4 Å². The predicted molar refractivity (Wildman–Crippen MR) is 77.7 cm³/mol. The third kappa shape index (κ3) is 2.73. The fourth-order valence-corrected chi connectivity index (χ4v) is 2.79. The lowest BCUT2D eigenvalue weighted by Crippen LogP contribution is -2.52. The number of benzene rings is 1. The van der Waals surface area contributed by atoms with Crippen LogP contribution < -0.4 is 10.2 Å². The summed E-state index contributed by atoms with van der Waals surface area (Å²) >= 11 is 0. The fourth-order valence-electron chi connectivity index (χ4n) is 2.79. The Kier molecular flexibility index (Phi) is 3.57. The summed E-state index contributed by atoms with van der Waals surface area (Å²) in [5, 5.41) is 1.43. The van der Waals surface area contributed by atoms with Crippen LogP contribution in [0.5, 0.6) is 5.75 Å². The number of amides is 2. The Bertz CT molecular complexity index is 566. The summed E-state index contributed by atoms with van der Waals surface area (Å²) in [5.41, 5.74) is 6.11. The van der Waals surface area contributed by atoms with E-state index in [1.807, 2.05) is 13.0 Å². The molecule has 1 saturated heterocycles. The summed E-state index contributed by atoms with van der Waals surface area (Å²) < 4.78 is 5.73. The Morgan fingerprint density at radius 2 is 2.05 bits per heavy atom. The summed E-state index contributed by atoms with van der Waals surface area (Å²) in [4.78, 5) is 24.0. The van der Waals surface area contributed by atoms with Gasteiger partial charge in [-0.3, -0.25) is 20.0 Å².